The van der Waals surface area contributed by atoms with Gasteiger partial charge in [0.2, 0.25) is 17.6 Å². The fourth-order valence-corrected chi connectivity index (χ4v) is 3.72. The second kappa shape index (κ2) is 8.75. The molecule has 29 heavy (non-hydrogen) atoms. The van der Waals surface area contributed by atoms with E-state index in [1.54, 1.807) is 11.6 Å². The number of ether oxygens (including phenoxy) is 1. The van der Waals surface area contributed by atoms with Gasteiger partial charge in [0, 0.05) is 25.8 Å². The van der Waals surface area contributed by atoms with Gasteiger partial charge in [-0.2, -0.15) is 4.98 Å². The van der Waals surface area contributed by atoms with E-state index in [1.165, 1.54) is 11.8 Å². The van der Waals surface area contributed by atoms with Crippen LogP contribution in [0.1, 0.15) is 18.4 Å². The Hall–Kier alpha value is -2.72. The summed E-state index contributed by atoms with van der Waals surface area (Å²) in [5.41, 5.74) is 2.03. The molecular weight excluding hydrogens is 392 g/mol. The molecule has 1 aliphatic rings. The lowest BCUT2D eigenvalue weighted by molar-refractivity contribution is -0.119. The predicted molar refractivity (Wildman–Crippen MR) is 107 cm³/mol. The van der Waals surface area contributed by atoms with E-state index in [2.05, 4.69) is 25.7 Å². The van der Waals surface area contributed by atoms with Crippen LogP contribution in [0.3, 0.4) is 0 Å². The van der Waals surface area contributed by atoms with Crippen molar-refractivity contribution in [3.05, 3.63) is 29.8 Å². The van der Waals surface area contributed by atoms with Crippen LogP contribution in [0.2, 0.25) is 0 Å². The minimum Gasteiger partial charge on any atom is -0.376 e. The van der Waals surface area contributed by atoms with Crippen LogP contribution < -0.4 is 5.32 Å². The Morgan fingerprint density at radius 1 is 1.31 bits per heavy atom. The smallest absolute Gasteiger partial charge is 0.296 e. The first kappa shape index (κ1) is 19.6. The lowest BCUT2D eigenvalue weighted by Crippen LogP contribution is -2.32. The molecule has 0 bridgehead atoms. The van der Waals surface area contributed by atoms with Crippen molar-refractivity contribution in [2.24, 2.45) is 7.05 Å². The van der Waals surface area contributed by atoms with E-state index >= 15 is 0 Å². The number of aryl methyl sites for hydroxylation is 1. The Kier molecular flexibility index (Phi) is 5.91. The largest absolute Gasteiger partial charge is 0.376 e. The van der Waals surface area contributed by atoms with Crippen LogP contribution >= 0.6 is 11.8 Å². The first-order valence-corrected chi connectivity index (χ1v) is 10.4. The summed E-state index contributed by atoms with van der Waals surface area (Å²) >= 11 is 1.30. The van der Waals surface area contributed by atoms with Crippen LogP contribution in [0, 0.1) is 6.92 Å². The molecule has 0 radical (unpaired) electrons. The van der Waals surface area contributed by atoms with Crippen molar-refractivity contribution in [3.63, 3.8) is 0 Å². The maximum atomic E-state index is 12.1. The Balaban J connectivity index is 1.37. The van der Waals surface area contributed by atoms with Gasteiger partial charge in [0.15, 0.2) is 5.16 Å². The molecule has 1 N–H and O–H groups in total. The van der Waals surface area contributed by atoms with Crippen LogP contribution in [0.25, 0.3) is 23.1 Å². The first-order chi connectivity index (χ1) is 14.1. The summed E-state index contributed by atoms with van der Waals surface area (Å²) in [5, 5.41) is 15.8. The predicted octanol–water partition coefficient (Wildman–Crippen LogP) is 2.23. The monoisotopic (exact) mass is 414 g/mol. The molecule has 2 aromatic heterocycles. The summed E-state index contributed by atoms with van der Waals surface area (Å²) in [6.45, 7) is 3.35. The second-order valence-electron chi connectivity index (χ2n) is 6.88. The molecule has 1 aliphatic heterocycles. The zero-order valence-electron chi connectivity index (χ0n) is 16.3. The molecule has 3 heterocycles. The van der Waals surface area contributed by atoms with E-state index in [9.17, 15) is 4.79 Å². The van der Waals surface area contributed by atoms with Gasteiger partial charge in [-0.05, 0) is 19.8 Å². The molecule has 0 spiro atoms. The third-order valence-corrected chi connectivity index (χ3v) is 5.67. The summed E-state index contributed by atoms with van der Waals surface area (Å²) in [5.74, 6) is 1.42. The average Bonchev–Trinajstić information content (AvgIpc) is 3.47. The topological polar surface area (TPSA) is 108 Å². The number of carbonyl (C=O) groups excluding carboxylic acids is 1. The number of hydrogen-bond acceptors (Lipinski definition) is 8. The van der Waals surface area contributed by atoms with Crippen molar-refractivity contribution in [3.8, 4) is 23.1 Å². The van der Waals surface area contributed by atoms with Crippen molar-refractivity contribution in [1.82, 2.24) is 30.2 Å². The van der Waals surface area contributed by atoms with Crippen LogP contribution in [0.15, 0.2) is 33.9 Å². The molecule has 9 nitrogen and oxygen atoms in total. The molecule has 1 unspecified atom stereocenters. The zero-order chi connectivity index (χ0) is 20.2. The quantitative estimate of drug-likeness (QED) is 0.587. The van der Waals surface area contributed by atoms with Gasteiger partial charge in [-0.1, -0.05) is 46.7 Å². The Bertz CT molecular complexity index is 978. The molecular formula is C19H22N6O3S. The fourth-order valence-electron chi connectivity index (χ4n) is 2.98. The minimum absolute atomic E-state index is 0.0607. The summed E-state index contributed by atoms with van der Waals surface area (Å²) in [7, 11) is 1.80. The van der Waals surface area contributed by atoms with Crippen molar-refractivity contribution < 1.29 is 14.1 Å². The van der Waals surface area contributed by atoms with Crippen molar-refractivity contribution in [2.45, 2.75) is 31.0 Å². The first-order valence-electron chi connectivity index (χ1n) is 9.42. The minimum atomic E-state index is -0.0607. The van der Waals surface area contributed by atoms with Crippen molar-refractivity contribution in [1.29, 1.82) is 0 Å². The van der Waals surface area contributed by atoms with Crippen molar-refractivity contribution >= 4 is 17.7 Å². The van der Waals surface area contributed by atoms with Gasteiger partial charge in [-0.25, -0.2) is 0 Å². The molecule has 0 saturated carbocycles. The number of rotatable bonds is 7. The van der Waals surface area contributed by atoms with Gasteiger partial charge >= 0.3 is 0 Å². The highest BCUT2D eigenvalue weighted by Crippen LogP contribution is 2.24. The van der Waals surface area contributed by atoms with Crippen LogP contribution in [0.4, 0.5) is 0 Å². The molecule has 1 saturated heterocycles. The number of aromatic nitrogens is 5. The molecule has 1 atom stereocenters. The van der Waals surface area contributed by atoms with Crippen LogP contribution in [-0.2, 0) is 16.6 Å². The normalized spacial score (nSPS) is 16.3. The van der Waals surface area contributed by atoms with E-state index in [0.29, 0.717) is 23.4 Å². The second-order valence-corrected chi connectivity index (χ2v) is 7.82. The van der Waals surface area contributed by atoms with Gasteiger partial charge < -0.3 is 19.1 Å². The lowest BCUT2D eigenvalue weighted by atomic mass is 10.1. The number of nitrogens with zero attached hydrogens (tertiary/aromatic N) is 5. The SMILES string of the molecule is Cc1ccc(-c2noc(-c3nnc(SCC(=O)NCC4CCCO4)n3C)n2)cc1. The molecule has 1 aromatic carbocycles. The van der Waals surface area contributed by atoms with Crippen molar-refractivity contribution in [2.75, 3.05) is 18.9 Å². The van der Waals surface area contributed by atoms with Gasteiger partial charge in [-0.15, -0.1) is 10.2 Å². The van der Waals surface area contributed by atoms with Gasteiger partial charge in [0.05, 0.1) is 11.9 Å². The summed E-state index contributed by atoms with van der Waals surface area (Å²) in [4.78, 5) is 16.5. The molecule has 1 fully saturated rings. The number of benzene rings is 1. The third-order valence-electron chi connectivity index (χ3n) is 4.65. The Morgan fingerprint density at radius 2 is 2.14 bits per heavy atom. The highest BCUT2D eigenvalue weighted by molar-refractivity contribution is 7.99. The van der Waals surface area contributed by atoms with E-state index < -0.39 is 0 Å². The van der Waals surface area contributed by atoms with E-state index in [1.807, 2.05) is 31.2 Å². The van der Waals surface area contributed by atoms with E-state index in [-0.39, 0.29) is 23.7 Å². The number of thioether (sulfide) groups is 1. The molecule has 10 heteroatoms. The maximum absolute atomic E-state index is 12.1. The van der Waals surface area contributed by atoms with Crippen LogP contribution in [-0.4, -0.2) is 55.8 Å². The Labute approximate surface area is 172 Å². The van der Waals surface area contributed by atoms with Gasteiger partial charge in [0.1, 0.15) is 0 Å². The lowest BCUT2D eigenvalue weighted by Gasteiger charge is -2.10. The number of carbonyl (C=O) groups is 1. The Morgan fingerprint density at radius 3 is 2.90 bits per heavy atom. The standard InChI is InChI=1S/C19H22N6O3S/c1-12-5-7-13(8-6-12)16-21-18(28-24-16)17-22-23-19(25(17)2)29-11-15(26)20-10-14-4-3-9-27-14/h5-8,14H,3-4,9-11H2,1-2H3,(H,20,26). The van der Waals surface area contributed by atoms with E-state index in [4.69, 9.17) is 9.26 Å². The van der Waals surface area contributed by atoms with E-state index in [0.717, 1.165) is 30.6 Å². The maximum Gasteiger partial charge on any atom is 0.296 e. The molecule has 0 aliphatic carbocycles. The number of nitrogens with one attached hydrogen (secondary N) is 1. The highest BCUT2D eigenvalue weighted by Gasteiger charge is 2.20. The highest BCUT2D eigenvalue weighted by atomic mass is 32.2. The van der Waals surface area contributed by atoms with Gasteiger partial charge in [0.25, 0.3) is 5.89 Å². The number of amides is 1. The fraction of sp³-hybridized carbons (Fsp3) is 0.421. The average molecular weight is 414 g/mol. The zero-order valence-corrected chi connectivity index (χ0v) is 17.1. The molecule has 1 amide bonds. The molecule has 152 valence electrons. The summed E-state index contributed by atoms with van der Waals surface area (Å²) in [6.07, 6.45) is 2.18. The molecule has 3 aromatic rings. The molecule has 4 rings (SSSR count). The van der Waals surface area contributed by atoms with Crippen LogP contribution in [0.5, 0.6) is 0 Å². The summed E-state index contributed by atoms with van der Waals surface area (Å²) < 4.78 is 12.6. The summed E-state index contributed by atoms with van der Waals surface area (Å²) in [6, 6.07) is 7.87. The third kappa shape index (κ3) is 4.65. The van der Waals surface area contributed by atoms with Gasteiger partial charge in [-0.3, -0.25) is 4.79 Å². The number of hydrogen-bond donors (Lipinski definition) is 1.